The molecule has 0 aliphatic rings. The van der Waals surface area contributed by atoms with E-state index < -0.39 is 16.4 Å². The summed E-state index contributed by atoms with van der Waals surface area (Å²) in [5.41, 5.74) is 5.68. The van der Waals surface area contributed by atoms with Gasteiger partial charge in [-0.1, -0.05) is 6.07 Å². The van der Waals surface area contributed by atoms with Crippen LogP contribution in [0.2, 0.25) is 0 Å². The summed E-state index contributed by atoms with van der Waals surface area (Å²) < 4.78 is 13.1. The van der Waals surface area contributed by atoms with Crippen molar-refractivity contribution in [3.05, 3.63) is 39.7 Å². The van der Waals surface area contributed by atoms with Crippen LogP contribution in [-0.4, -0.2) is 11.0 Å². The number of nitro benzene ring substituents is 1. The first-order valence-corrected chi connectivity index (χ1v) is 4.19. The SMILES string of the molecule is C[C@@H](N)Cc1ccc([N+](=O)[O-])c(F)c1. The van der Waals surface area contributed by atoms with Crippen LogP contribution in [0.3, 0.4) is 0 Å². The first-order chi connectivity index (χ1) is 6.50. The summed E-state index contributed by atoms with van der Waals surface area (Å²) in [6, 6.07) is 3.75. The predicted octanol–water partition coefficient (Wildman–Crippen LogP) is 1.62. The fraction of sp³-hybridized carbons (Fsp3) is 0.333. The monoisotopic (exact) mass is 198 g/mol. The highest BCUT2D eigenvalue weighted by Crippen LogP contribution is 2.18. The third-order valence-electron chi connectivity index (χ3n) is 1.77. The molecule has 5 heteroatoms. The van der Waals surface area contributed by atoms with E-state index in [1.807, 2.05) is 0 Å². The van der Waals surface area contributed by atoms with Crippen LogP contribution in [0.5, 0.6) is 0 Å². The maximum absolute atomic E-state index is 13.1. The zero-order valence-electron chi connectivity index (χ0n) is 7.74. The van der Waals surface area contributed by atoms with Crippen LogP contribution < -0.4 is 5.73 Å². The standard InChI is InChI=1S/C9H11FN2O2/c1-6(11)4-7-2-3-9(12(13)14)8(10)5-7/h2-3,5-6H,4,11H2,1H3/t6-/m1/s1. The molecule has 0 amide bonds. The molecule has 0 bridgehead atoms. The third-order valence-corrected chi connectivity index (χ3v) is 1.77. The first-order valence-electron chi connectivity index (χ1n) is 4.19. The largest absolute Gasteiger partial charge is 0.328 e. The lowest BCUT2D eigenvalue weighted by Crippen LogP contribution is -2.17. The summed E-state index contributed by atoms with van der Waals surface area (Å²) >= 11 is 0. The van der Waals surface area contributed by atoms with Crippen molar-refractivity contribution in [3.63, 3.8) is 0 Å². The van der Waals surface area contributed by atoms with Gasteiger partial charge in [-0.3, -0.25) is 10.1 Å². The minimum Gasteiger partial charge on any atom is -0.328 e. The molecule has 0 saturated carbocycles. The second-order valence-corrected chi connectivity index (χ2v) is 3.22. The Morgan fingerprint density at radius 2 is 2.29 bits per heavy atom. The van der Waals surface area contributed by atoms with Crippen LogP contribution in [0.15, 0.2) is 18.2 Å². The lowest BCUT2D eigenvalue weighted by Gasteiger charge is -2.04. The van der Waals surface area contributed by atoms with E-state index in [4.69, 9.17) is 5.73 Å². The number of halogens is 1. The summed E-state index contributed by atoms with van der Waals surface area (Å²) in [5, 5.41) is 10.3. The maximum Gasteiger partial charge on any atom is 0.304 e. The van der Waals surface area contributed by atoms with E-state index in [2.05, 4.69) is 0 Å². The highest BCUT2D eigenvalue weighted by Gasteiger charge is 2.13. The van der Waals surface area contributed by atoms with Crippen LogP contribution >= 0.6 is 0 Å². The van der Waals surface area contributed by atoms with Crippen molar-refractivity contribution >= 4 is 5.69 Å². The lowest BCUT2D eigenvalue weighted by atomic mass is 10.1. The van der Waals surface area contributed by atoms with Crippen LogP contribution in [0.4, 0.5) is 10.1 Å². The van der Waals surface area contributed by atoms with E-state index >= 15 is 0 Å². The number of hydrogen-bond acceptors (Lipinski definition) is 3. The highest BCUT2D eigenvalue weighted by atomic mass is 19.1. The Morgan fingerprint density at radius 3 is 2.71 bits per heavy atom. The molecule has 0 aliphatic heterocycles. The van der Waals surface area contributed by atoms with Crippen molar-refractivity contribution in [1.82, 2.24) is 0 Å². The molecule has 4 nitrogen and oxygen atoms in total. The van der Waals surface area contributed by atoms with E-state index in [-0.39, 0.29) is 6.04 Å². The zero-order chi connectivity index (χ0) is 10.7. The summed E-state index contributed by atoms with van der Waals surface area (Å²) in [4.78, 5) is 9.55. The average Bonchev–Trinajstić information content (AvgIpc) is 2.01. The molecule has 1 rings (SSSR count). The van der Waals surface area contributed by atoms with E-state index in [1.54, 1.807) is 6.92 Å². The van der Waals surface area contributed by atoms with E-state index in [1.165, 1.54) is 6.07 Å². The van der Waals surface area contributed by atoms with Gasteiger partial charge >= 0.3 is 5.69 Å². The van der Waals surface area contributed by atoms with Gasteiger partial charge in [0.2, 0.25) is 5.82 Å². The molecule has 0 aliphatic carbocycles. The molecule has 1 aromatic rings. The van der Waals surface area contributed by atoms with Gasteiger partial charge in [-0.25, -0.2) is 0 Å². The lowest BCUT2D eigenvalue weighted by molar-refractivity contribution is -0.387. The van der Waals surface area contributed by atoms with Gasteiger partial charge in [0.05, 0.1) is 4.92 Å². The van der Waals surface area contributed by atoms with Crippen molar-refractivity contribution in [2.75, 3.05) is 0 Å². The fourth-order valence-electron chi connectivity index (χ4n) is 1.20. The molecule has 76 valence electrons. The summed E-state index contributed by atoms with van der Waals surface area (Å²) in [7, 11) is 0. The second kappa shape index (κ2) is 4.15. The molecule has 14 heavy (non-hydrogen) atoms. The molecule has 0 spiro atoms. The Labute approximate surface area is 80.7 Å². The first kappa shape index (κ1) is 10.6. The molecule has 0 unspecified atom stereocenters. The molecule has 0 saturated heterocycles. The Kier molecular flexibility index (Phi) is 3.14. The Morgan fingerprint density at radius 1 is 1.64 bits per heavy atom. The van der Waals surface area contributed by atoms with Gasteiger partial charge in [0.1, 0.15) is 0 Å². The number of nitro groups is 1. The van der Waals surface area contributed by atoms with E-state index in [9.17, 15) is 14.5 Å². The van der Waals surface area contributed by atoms with Gasteiger partial charge in [-0.05, 0) is 25.0 Å². The summed E-state index contributed by atoms with van der Waals surface area (Å²) in [6.07, 6.45) is 0.509. The minimum atomic E-state index is -0.812. The number of benzene rings is 1. The number of hydrogen-bond donors (Lipinski definition) is 1. The van der Waals surface area contributed by atoms with Gasteiger partial charge in [-0.2, -0.15) is 4.39 Å². The van der Waals surface area contributed by atoms with Crippen molar-refractivity contribution in [3.8, 4) is 0 Å². The van der Waals surface area contributed by atoms with Crippen molar-refractivity contribution in [1.29, 1.82) is 0 Å². The Bertz CT molecular complexity index is 353. The molecule has 1 aromatic carbocycles. The minimum absolute atomic E-state index is 0.0872. The van der Waals surface area contributed by atoms with Gasteiger partial charge in [-0.15, -0.1) is 0 Å². The van der Waals surface area contributed by atoms with Crippen molar-refractivity contribution in [2.24, 2.45) is 5.73 Å². The van der Waals surface area contributed by atoms with Crippen LogP contribution in [0.1, 0.15) is 12.5 Å². The quantitative estimate of drug-likeness (QED) is 0.592. The molecular formula is C9H11FN2O2. The number of nitrogens with zero attached hydrogens (tertiary/aromatic N) is 1. The van der Waals surface area contributed by atoms with Gasteiger partial charge < -0.3 is 5.73 Å². The van der Waals surface area contributed by atoms with Gasteiger partial charge in [0.15, 0.2) is 0 Å². The van der Waals surface area contributed by atoms with Gasteiger partial charge in [0, 0.05) is 12.1 Å². The van der Waals surface area contributed by atoms with Crippen LogP contribution in [0.25, 0.3) is 0 Å². The smallest absolute Gasteiger partial charge is 0.304 e. The van der Waals surface area contributed by atoms with E-state index in [0.717, 1.165) is 12.1 Å². The second-order valence-electron chi connectivity index (χ2n) is 3.22. The molecule has 0 fully saturated rings. The molecule has 0 radical (unpaired) electrons. The molecular weight excluding hydrogens is 187 g/mol. The van der Waals surface area contributed by atoms with Crippen LogP contribution in [0, 0.1) is 15.9 Å². The van der Waals surface area contributed by atoms with E-state index in [0.29, 0.717) is 12.0 Å². The number of nitrogens with two attached hydrogens (primary N) is 1. The summed E-state index contributed by atoms with van der Waals surface area (Å²) in [5.74, 6) is -0.812. The zero-order valence-corrected chi connectivity index (χ0v) is 7.74. The highest BCUT2D eigenvalue weighted by molar-refractivity contribution is 5.35. The Balaban J connectivity index is 2.94. The number of rotatable bonds is 3. The normalized spacial score (nSPS) is 12.5. The molecule has 0 aromatic heterocycles. The van der Waals surface area contributed by atoms with Gasteiger partial charge in [0.25, 0.3) is 0 Å². The fourth-order valence-corrected chi connectivity index (χ4v) is 1.20. The Hall–Kier alpha value is -1.49. The molecule has 2 N–H and O–H groups in total. The predicted molar refractivity (Wildman–Crippen MR) is 50.4 cm³/mol. The van der Waals surface area contributed by atoms with Crippen molar-refractivity contribution in [2.45, 2.75) is 19.4 Å². The third kappa shape index (κ3) is 2.50. The van der Waals surface area contributed by atoms with Crippen molar-refractivity contribution < 1.29 is 9.31 Å². The van der Waals surface area contributed by atoms with Crippen LogP contribution in [-0.2, 0) is 6.42 Å². The summed E-state index contributed by atoms with van der Waals surface area (Å²) in [6.45, 7) is 1.79. The average molecular weight is 198 g/mol. The maximum atomic E-state index is 13.1. The topological polar surface area (TPSA) is 69.2 Å². The molecule has 0 heterocycles. The molecule has 1 atom stereocenters.